The third kappa shape index (κ3) is 3.19. The summed E-state index contributed by atoms with van der Waals surface area (Å²) < 4.78 is 4.62. The molecule has 98 valence electrons. The fourth-order valence-corrected chi connectivity index (χ4v) is 2.20. The van der Waals surface area contributed by atoms with Crippen LogP contribution in [0.5, 0.6) is 0 Å². The first kappa shape index (κ1) is 14.0. The summed E-state index contributed by atoms with van der Waals surface area (Å²) in [6.07, 6.45) is 2.79. The molecule has 1 rings (SSSR count). The lowest BCUT2D eigenvalue weighted by Crippen LogP contribution is -2.65. The summed E-state index contributed by atoms with van der Waals surface area (Å²) in [4.78, 5) is 23.0. The number of hydrogen-bond acceptors (Lipinski definition) is 4. The Hall–Kier alpha value is -1.10. The minimum absolute atomic E-state index is 0.00547. The monoisotopic (exact) mass is 242 g/mol. The highest BCUT2D eigenvalue weighted by Crippen LogP contribution is 2.31. The van der Waals surface area contributed by atoms with Crippen molar-refractivity contribution in [3.63, 3.8) is 0 Å². The molecule has 1 atom stereocenters. The summed E-state index contributed by atoms with van der Waals surface area (Å²) in [5.74, 6) is -0.334. The quantitative estimate of drug-likeness (QED) is 0.691. The highest BCUT2D eigenvalue weighted by Gasteiger charge is 2.48. The van der Waals surface area contributed by atoms with E-state index in [2.05, 4.69) is 17.0 Å². The average molecular weight is 242 g/mol. The molecule has 5 nitrogen and oxygen atoms in total. The van der Waals surface area contributed by atoms with Crippen molar-refractivity contribution in [2.45, 2.75) is 51.1 Å². The molecule has 1 aliphatic carbocycles. The van der Waals surface area contributed by atoms with E-state index in [1.165, 1.54) is 7.11 Å². The predicted octanol–water partition coefficient (Wildman–Crippen LogP) is 0.572. The van der Waals surface area contributed by atoms with Gasteiger partial charge in [0.1, 0.15) is 5.54 Å². The third-order valence-corrected chi connectivity index (χ3v) is 3.33. The molecular formula is C12H22N2O3. The first-order valence-corrected chi connectivity index (χ1v) is 6.10. The molecule has 0 aromatic rings. The second-order valence-corrected chi connectivity index (χ2v) is 4.95. The van der Waals surface area contributed by atoms with Gasteiger partial charge in [-0.1, -0.05) is 20.3 Å². The Bertz CT molecular complexity index is 298. The van der Waals surface area contributed by atoms with Gasteiger partial charge in [-0.05, 0) is 19.3 Å². The molecular weight excluding hydrogens is 220 g/mol. The zero-order valence-electron chi connectivity index (χ0n) is 10.8. The average Bonchev–Trinajstić information content (AvgIpc) is 2.25. The molecule has 0 bridgehead atoms. The maximum atomic E-state index is 11.7. The Morgan fingerprint density at radius 2 is 2.12 bits per heavy atom. The van der Waals surface area contributed by atoms with Crippen LogP contribution in [0.2, 0.25) is 0 Å². The summed E-state index contributed by atoms with van der Waals surface area (Å²) in [5.41, 5.74) is 4.93. The van der Waals surface area contributed by atoms with Crippen molar-refractivity contribution in [2.75, 3.05) is 7.11 Å². The SMILES string of the molecule is CCCC(C)C(=O)NC1CC(N)(C(=O)OC)C1. The van der Waals surface area contributed by atoms with Crippen LogP contribution in [0.1, 0.15) is 39.5 Å². The van der Waals surface area contributed by atoms with Crippen LogP contribution in [-0.2, 0) is 14.3 Å². The van der Waals surface area contributed by atoms with Gasteiger partial charge in [0.15, 0.2) is 0 Å². The van der Waals surface area contributed by atoms with Gasteiger partial charge in [-0.2, -0.15) is 0 Å². The van der Waals surface area contributed by atoms with Crippen LogP contribution in [0.4, 0.5) is 0 Å². The fraction of sp³-hybridized carbons (Fsp3) is 0.833. The molecule has 1 saturated carbocycles. The van der Waals surface area contributed by atoms with Crippen LogP contribution in [0.25, 0.3) is 0 Å². The summed E-state index contributed by atoms with van der Waals surface area (Å²) in [6.45, 7) is 3.96. The number of esters is 1. The van der Waals surface area contributed by atoms with E-state index in [0.717, 1.165) is 12.8 Å². The molecule has 0 radical (unpaired) electrons. The van der Waals surface area contributed by atoms with Crippen LogP contribution in [0.15, 0.2) is 0 Å². The summed E-state index contributed by atoms with van der Waals surface area (Å²) in [7, 11) is 1.33. The van der Waals surface area contributed by atoms with Crippen LogP contribution in [-0.4, -0.2) is 30.6 Å². The Kier molecular flexibility index (Phi) is 4.51. The Morgan fingerprint density at radius 3 is 2.59 bits per heavy atom. The van der Waals surface area contributed by atoms with E-state index in [0.29, 0.717) is 12.8 Å². The molecule has 17 heavy (non-hydrogen) atoms. The molecule has 1 amide bonds. The Labute approximate surface area is 102 Å². The number of methoxy groups -OCH3 is 1. The van der Waals surface area contributed by atoms with Crippen molar-refractivity contribution in [2.24, 2.45) is 11.7 Å². The molecule has 1 unspecified atom stereocenters. The number of nitrogens with one attached hydrogen (secondary N) is 1. The minimum Gasteiger partial charge on any atom is -0.468 e. The largest absolute Gasteiger partial charge is 0.468 e. The van der Waals surface area contributed by atoms with Crippen molar-refractivity contribution in [1.82, 2.24) is 5.32 Å². The highest BCUT2D eigenvalue weighted by molar-refractivity contribution is 5.83. The number of nitrogens with two attached hydrogens (primary N) is 1. The van der Waals surface area contributed by atoms with Crippen LogP contribution < -0.4 is 11.1 Å². The van der Waals surface area contributed by atoms with Crippen molar-refractivity contribution in [1.29, 1.82) is 0 Å². The second kappa shape index (κ2) is 5.49. The molecule has 0 saturated heterocycles. The summed E-state index contributed by atoms with van der Waals surface area (Å²) in [6, 6.07) is 0.00547. The van der Waals surface area contributed by atoms with E-state index >= 15 is 0 Å². The van der Waals surface area contributed by atoms with Gasteiger partial charge in [0.2, 0.25) is 5.91 Å². The number of hydrogen-bond donors (Lipinski definition) is 2. The molecule has 0 spiro atoms. The highest BCUT2D eigenvalue weighted by atomic mass is 16.5. The van der Waals surface area contributed by atoms with Gasteiger partial charge in [-0.15, -0.1) is 0 Å². The van der Waals surface area contributed by atoms with Gasteiger partial charge >= 0.3 is 5.97 Å². The van der Waals surface area contributed by atoms with E-state index in [1.807, 2.05) is 6.92 Å². The number of ether oxygens (including phenoxy) is 1. The summed E-state index contributed by atoms with van der Waals surface area (Å²) >= 11 is 0. The van der Waals surface area contributed by atoms with Crippen molar-refractivity contribution < 1.29 is 14.3 Å². The lowest BCUT2D eigenvalue weighted by Gasteiger charge is -2.42. The van der Waals surface area contributed by atoms with Crippen molar-refractivity contribution >= 4 is 11.9 Å². The van der Waals surface area contributed by atoms with Gasteiger partial charge in [0.25, 0.3) is 0 Å². The number of carbonyl (C=O) groups excluding carboxylic acids is 2. The van der Waals surface area contributed by atoms with Gasteiger partial charge in [-0.25, -0.2) is 0 Å². The normalized spacial score (nSPS) is 29.1. The minimum atomic E-state index is -0.902. The topological polar surface area (TPSA) is 81.4 Å². The van der Waals surface area contributed by atoms with E-state index in [9.17, 15) is 9.59 Å². The van der Waals surface area contributed by atoms with Crippen LogP contribution in [0.3, 0.4) is 0 Å². The maximum Gasteiger partial charge on any atom is 0.325 e. The Morgan fingerprint density at radius 1 is 1.53 bits per heavy atom. The van der Waals surface area contributed by atoms with E-state index in [1.54, 1.807) is 0 Å². The first-order chi connectivity index (χ1) is 7.92. The lowest BCUT2D eigenvalue weighted by molar-refractivity contribution is -0.152. The van der Waals surface area contributed by atoms with Gasteiger partial charge in [0, 0.05) is 12.0 Å². The standard InChI is InChI=1S/C12H22N2O3/c1-4-5-8(2)10(15)14-9-6-12(13,7-9)11(16)17-3/h8-9H,4-7,13H2,1-3H3,(H,14,15). The third-order valence-electron chi connectivity index (χ3n) is 3.33. The smallest absolute Gasteiger partial charge is 0.325 e. The molecule has 1 aliphatic rings. The van der Waals surface area contributed by atoms with Gasteiger partial charge in [-0.3, -0.25) is 9.59 Å². The summed E-state index contributed by atoms with van der Waals surface area (Å²) in [5, 5.41) is 2.91. The van der Waals surface area contributed by atoms with E-state index < -0.39 is 11.5 Å². The van der Waals surface area contributed by atoms with Crippen LogP contribution >= 0.6 is 0 Å². The number of carbonyl (C=O) groups is 2. The number of amides is 1. The lowest BCUT2D eigenvalue weighted by atomic mass is 9.73. The van der Waals surface area contributed by atoms with E-state index in [-0.39, 0.29) is 17.9 Å². The molecule has 3 N–H and O–H groups in total. The zero-order valence-corrected chi connectivity index (χ0v) is 10.8. The van der Waals surface area contributed by atoms with Gasteiger partial charge < -0.3 is 15.8 Å². The Balaban J connectivity index is 2.34. The number of rotatable bonds is 5. The van der Waals surface area contributed by atoms with Crippen molar-refractivity contribution in [3.05, 3.63) is 0 Å². The molecule has 1 fully saturated rings. The molecule has 0 heterocycles. The first-order valence-electron chi connectivity index (χ1n) is 6.10. The van der Waals surface area contributed by atoms with Crippen LogP contribution in [0, 0.1) is 5.92 Å². The second-order valence-electron chi connectivity index (χ2n) is 4.95. The van der Waals surface area contributed by atoms with Crippen molar-refractivity contribution in [3.8, 4) is 0 Å². The molecule has 5 heteroatoms. The van der Waals surface area contributed by atoms with E-state index in [4.69, 9.17) is 5.73 Å². The zero-order chi connectivity index (χ0) is 13.1. The maximum absolute atomic E-state index is 11.7. The molecule has 0 aromatic heterocycles. The molecule has 0 aliphatic heterocycles. The van der Waals surface area contributed by atoms with Gasteiger partial charge in [0.05, 0.1) is 7.11 Å². The fourth-order valence-electron chi connectivity index (χ4n) is 2.20. The predicted molar refractivity (Wildman–Crippen MR) is 64.2 cm³/mol. The molecule has 0 aromatic carbocycles.